The lowest BCUT2D eigenvalue weighted by Crippen LogP contribution is -2.53. The van der Waals surface area contributed by atoms with Crippen LogP contribution in [0.1, 0.15) is 56.9 Å². The first-order chi connectivity index (χ1) is 16.7. The molecule has 1 heterocycles. The van der Waals surface area contributed by atoms with Crippen molar-refractivity contribution in [3.8, 4) is 0 Å². The summed E-state index contributed by atoms with van der Waals surface area (Å²) in [6.07, 6.45) is 12.5. The first kappa shape index (κ1) is 26.1. The minimum atomic E-state index is -1.26. The number of carboxylic acid groups (broad SMARTS) is 2. The number of hydrogen-bond acceptors (Lipinski definition) is 4. The van der Waals surface area contributed by atoms with E-state index in [4.69, 9.17) is 21.8 Å². The van der Waals surface area contributed by atoms with Crippen LogP contribution >= 0.6 is 11.6 Å². The molecule has 4 bridgehead atoms. The minimum absolute atomic E-state index is 0.176. The Labute approximate surface area is 211 Å². The maximum atomic E-state index is 14.0. The summed E-state index contributed by atoms with van der Waals surface area (Å²) in [5, 5.41) is 20.1. The van der Waals surface area contributed by atoms with E-state index in [1.165, 1.54) is 64.0 Å². The first-order valence-corrected chi connectivity index (χ1v) is 13.1. The van der Waals surface area contributed by atoms with Gasteiger partial charge in [0, 0.05) is 41.9 Å². The largest absolute Gasteiger partial charge is 0.478 e. The maximum Gasteiger partial charge on any atom is 0.328 e. The number of aliphatic carboxylic acids is 2. The monoisotopic (exact) mass is 506 g/mol. The number of likely N-dealkylation sites (tertiary alicyclic amines) is 1. The van der Waals surface area contributed by atoms with Crippen LogP contribution in [-0.4, -0.2) is 52.7 Å². The lowest BCUT2D eigenvalue weighted by atomic mass is 9.49. The molecule has 3 N–H and O–H groups in total. The fraction of sp³-hybridized carbons (Fsp3) is 0.630. The van der Waals surface area contributed by atoms with Crippen LogP contribution in [0.25, 0.3) is 0 Å². The number of hydrogen-bond donors (Lipinski definition) is 3. The van der Waals surface area contributed by atoms with E-state index >= 15 is 0 Å². The van der Waals surface area contributed by atoms with Gasteiger partial charge in [-0.25, -0.2) is 14.0 Å². The van der Waals surface area contributed by atoms with Crippen LogP contribution in [0.2, 0.25) is 5.02 Å². The zero-order chi connectivity index (χ0) is 25.0. The van der Waals surface area contributed by atoms with Gasteiger partial charge in [0.15, 0.2) is 0 Å². The van der Waals surface area contributed by atoms with Crippen LogP contribution in [-0.2, 0) is 16.1 Å². The minimum Gasteiger partial charge on any atom is -0.478 e. The zero-order valence-corrected chi connectivity index (χ0v) is 20.9. The number of carboxylic acids is 2. The Bertz CT molecular complexity index is 894. The van der Waals surface area contributed by atoms with E-state index in [0.29, 0.717) is 35.2 Å². The average molecular weight is 507 g/mol. The van der Waals surface area contributed by atoms with Gasteiger partial charge < -0.3 is 15.5 Å². The standard InChI is InChI=1S/C23H32ClFN2.C4H4O4/c24-20-2-1-19(22(25)10-20)14-27-5-3-21(4-6-27)26-15-23-11-16-7-17(12-23)9-18(8-16)13-23;5-3(6)1-2-4(7)8/h1-2,10,16-18,21,26H,3-9,11-15H2;1-2H,(H,5,6)(H,7,8)/b;2-1-. The molecule has 0 amide bonds. The number of halogens is 2. The summed E-state index contributed by atoms with van der Waals surface area (Å²) in [5.74, 6) is 0.418. The van der Waals surface area contributed by atoms with Gasteiger partial charge in [0.2, 0.25) is 0 Å². The molecule has 0 spiro atoms. The van der Waals surface area contributed by atoms with Crippen molar-refractivity contribution >= 4 is 23.5 Å². The Morgan fingerprint density at radius 2 is 1.57 bits per heavy atom. The van der Waals surface area contributed by atoms with Crippen LogP contribution in [0.5, 0.6) is 0 Å². The summed E-state index contributed by atoms with van der Waals surface area (Å²) < 4.78 is 14.0. The van der Waals surface area contributed by atoms with Gasteiger partial charge >= 0.3 is 11.9 Å². The van der Waals surface area contributed by atoms with Gasteiger partial charge in [0.25, 0.3) is 0 Å². The number of nitrogens with one attached hydrogen (secondary N) is 1. The van der Waals surface area contributed by atoms with Crippen molar-refractivity contribution in [2.24, 2.45) is 23.2 Å². The highest BCUT2D eigenvalue weighted by Crippen LogP contribution is 2.59. The highest BCUT2D eigenvalue weighted by Gasteiger charge is 2.50. The predicted octanol–water partition coefficient (Wildman–Crippen LogP) is 4.96. The quantitative estimate of drug-likeness (QED) is 0.453. The lowest BCUT2D eigenvalue weighted by Gasteiger charge is -2.57. The van der Waals surface area contributed by atoms with Crippen molar-refractivity contribution in [2.45, 2.75) is 64.0 Å². The van der Waals surface area contributed by atoms with Gasteiger partial charge in [-0.2, -0.15) is 0 Å². The average Bonchev–Trinajstić information content (AvgIpc) is 2.79. The summed E-state index contributed by atoms with van der Waals surface area (Å²) in [5.41, 5.74) is 1.39. The van der Waals surface area contributed by atoms with Crippen molar-refractivity contribution in [3.63, 3.8) is 0 Å². The fourth-order valence-electron chi connectivity index (χ4n) is 7.20. The second-order valence-electron chi connectivity index (χ2n) is 11.1. The second kappa shape index (κ2) is 11.4. The molecule has 4 aliphatic carbocycles. The molecular weight excluding hydrogens is 471 g/mol. The number of rotatable bonds is 7. The molecule has 6 rings (SSSR count). The van der Waals surface area contributed by atoms with Gasteiger partial charge in [-0.1, -0.05) is 17.7 Å². The normalized spacial score (nSPS) is 30.3. The van der Waals surface area contributed by atoms with Crippen LogP contribution in [0.3, 0.4) is 0 Å². The van der Waals surface area contributed by atoms with Gasteiger partial charge in [0.1, 0.15) is 5.82 Å². The van der Waals surface area contributed by atoms with Crippen molar-refractivity contribution in [3.05, 3.63) is 46.8 Å². The van der Waals surface area contributed by atoms with Gasteiger partial charge in [0.05, 0.1) is 0 Å². The zero-order valence-electron chi connectivity index (χ0n) is 20.1. The van der Waals surface area contributed by atoms with E-state index in [1.807, 2.05) is 6.07 Å². The molecule has 5 fully saturated rings. The molecule has 1 saturated heterocycles. The molecule has 1 aromatic rings. The summed E-state index contributed by atoms with van der Waals surface area (Å²) in [7, 11) is 0. The molecule has 4 saturated carbocycles. The highest BCUT2D eigenvalue weighted by atomic mass is 35.5. The van der Waals surface area contributed by atoms with Crippen LogP contribution in [0.15, 0.2) is 30.4 Å². The van der Waals surface area contributed by atoms with E-state index in [-0.39, 0.29) is 5.82 Å². The Kier molecular flexibility index (Phi) is 8.50. The molecule has 0 unspecified atom stereocenters. The van der Waals surface area contributed by atoms with E-state index in [2.05, 4.69) is 10.2 Å². The summed E-state index contributed by atoms with van der Waals surface area (Å²) in [4.78, 5) is 21.5. The molecule has 0 radical (unpaired) electrons. The summed E-state index contributed by atoms with van der Waals surface area (Å²) in [6, 6.07) is 5.69. The third kappa shape index (κ3) is 7.28. The summed E-state index contributed by atoms with van der Waals surface area (Å²) in [6.45, 7) is 4.05. The van der Waals surface area contributed by atoms with Gasteiger partial charge in [-0.3, -0.25) is 4.90 Å². The molecule has 6 nitrogen and oxygen atoms in total. The lowest BCUT2D eigenvalue weighted by molar-refractivity contribution is -0.134. The van der Waals surface area contributed by atoms with Crippen LogP contribution in [0, 0.1) is 29.0 Å². The van der Waals surface area contributed by atoms with Gasteiger partial charge in [-0.15, -0.1) is 0 Å². The Hall–Kier alpha value is -1.96. The van der Waals surface area contributed by atoms with Crippen molar-refractivity contribution < 1.29 is 24.2 Å². The van der Waals surface area contributed by atoms with Crippen molar-refractivity contribution in [1.29, 1.82) is 0 Å². The first-order valence-electron chi connectivity index (χ1n) is 12.7. The molecule has 35 heavy (non-hydrogen) atoms. The number of benzene rings is 1. The highest BCUT2D eigenvalue weighted by molar-refractivity contribution is 6.30. The summed E-state index contributed by atoms with van der Waals surface area (Å²) >= 11 is 5.86. The van der Waals surface area contributed by atoms with E-state index in [0.717, 1.165) is 36.4 Å². The molecule has 0 atom stereocenters. The maximum absolute atomic E-state index is 14.0. The van der Waals surface area contributed by atoms with E-state index in [9.17, 15) is 14.0 Å². The molecule has 8 heteroatoms. The number of piperidine rings is 1. The Morgan fingerprint density at radius 3 is 2.06 bits per heavy atom. The Balaban J connectivity index is 0.000000314. The molecule has 0 aromatic heterocycles. The SMILES string of the molecule is Fc1cc(Cl)ccc1CN1CCC(NCC23CC4CC(CC(C4)C2)C3)CC1.O=C(O)/C=C\C(=O)O. The molecule has 5 aliphatic rings. The smallest absolute Gasteiger partial charge is 0.328 e. The van der Waals surface area contributed by atoms with Crippen LogP contribution in [0.4, 0.5) is 4.39 Å². The Morgan fingerprint density at radius 1 is 1.03 bits per heavy atom. The second-order valence-corrected chi connectivity index (χ2v) is 11.5. The number of nitrogens with zero attached hydrogens (tertiary/aromatic N) is 1. The van der Waals surface area contributed by atoms with E-state index in [1.54, 1.807) is 6.07 Å². The van der Waals surface area contributed by atoms with Crippen molar-refractivity contribution in [2.75, 3.05) is 19.6 Å². The van der Waals surface area contributed by atoms with Crippen molar-refractivity contribution in [1.82, 2.24) is 10.2 Å². The third-order valence-electron chi connectivity index (χ3n) is 8.30. The predicted molar refractivity (Wildman–Crippen MR) is 133 cm³/mol. The molecule has 192 valence electrons. The molecule has 1 aromatic carbocycles. The molecular formula is C27H36ClFN2O4. The van der Waals surface area contributed by atoms with Gasteiger partial charge in [-0.05, 0) is 99.8 Å². The topological polar surface area (TPSA) is 89.9 Å². The third-order valence-corrected chi connectivity index (χ3v) is 8.53. The van der Waals surface area contributed by atoms with E-state index < -0.39 is 11.9 Å². The van der Waals surface area contributed by atoms with Crippen LogP contribution < -0.4 is 5.32 Å². The number of carbonyl (C=O) groups is 2. The molecule has 1 aliphatic heterocycles. The fourth-order valence-corrected chi connectivity index (χ4v) is 7.35.